The molecule has 0 spiro atoms. The van der Waals surface area contributed by atoms with E-state index in [-0.39, 0.29) is 0 Å². The van der Waals surface area contributed by atoms with Gasteiger partial charge in [0, 0.05) is 4.47 Å². The molecule has 0 heterocycles. The molecule has 0 bridgehead atoms. The smallest absolute Gasteiger partial charge is 0.0178 e. The lowest BCUT2D eigenvalue weighted by atomic mass is 10.0. The molecule has 1 aliphatic rings. The third-order valence-corrected chi connectivity index (χ3v) is 2.98. The Morgan fingerprint density at radius 2 is 2.27 bits per heavy atom. The van der Waals surface area contributed by atoms with Crippen LogP contribution in [0.5, 0.6) is 0 Å². The Morgan fingerprint density at radius 1 is 1.45 bits per heavy atom. The molecule has 2 rings (SSSR count). The van der Waals surface area contributed by atoms with Gasteiger partial charge in [-0.25, -0.2) is 0 Å². The van der Waals surface area contributed by atoms with Crippen LogP contribution in [0.4, 0.5) is 0 Å². The molecule has 0 saturated heterocycles. The Labute approximate surface area is 75.8 Å². The predicted octanol–water partition coefficient (Wildman–Crippen LogP) is 3.50. The van der Waals surface area contributed by atoms with Crippen molar-refractivity contribution in [2.24, 2.45) is 0 Å². The van der Waals surface area contributed by atoms with Gasteiger partial charge < -0.3 is 0 Å². The summed E-state index contributed by atoms with van der Waals surface area (Å²) in [5.74, 6) is 0.776. The lowest BCUT2D eigenvalue weighted by molar-refractivity contribution is 0.747. The first-order chi connectivity index (χ1) is 5.27. The van der Waals surface area contributed by atoms with E-state index in [2.05, 4.69) is 41.1 Å². The predicted molar refractivity (Wildman–Crippen MR) is 50.9 cm³/mol. The minimum atomic E-state index is 0.776. The summed E-state index contributed by atoms with van der Waals surface area (Å²) in [5, 5.41) is 0. The molecule has 1 atom stereocenters. The van der Waals surface area contributed by atoms with Crippen molar-refractivity contribution >= 4 is 15.9 Å². The van der Waals surface area contributed by atoms with Crippen LogP contribution in [0.3, 0.4) is 0 Å². The van der Waals surface area contributed by atoms with E-state index < -0.39 is 0 Å². The molecule has 1 aromatic rings. The number of aryl methyl sites for hydroxylation is 1. The van der Waals surface area contributed by atoms with Crippen molar-refractivity contribution in [2.45, 2.75) is 25.7 Å². The van der Waals surface area contributed by atoms with Gasteiger partial charge in [0.25, 0.3) is 0 Å². The lowest BCUT2D eigenvalue weighted by Gasteiger charge is -2.03. The average molecular weight is 211 g/mol. The second-order valence-corrected chi connectivity index (χ2v) is 4.20. The minimum Gasteiger partial charge on any atom is -0.0584 e. The summed E-state index contributed by atoms with van der Waals surface area (Å²) < 4.78 is 1.21. The summed E-state index contributed by atoms with van der Waals surface area (Å²) in [5.41, 5.74) is 3.08. The Kier molecular flexibility index (Phi) is 1.76. The van der Waals surface area contributed by atoms with Crippen LogP contribution in [0.2, 0.25) is 0 Å². The van der Waals surface area contributed by atoms with Gasteiger partial charge in [-0.15, -0.1) is 0 Å². The molecular weight excluding hydrogens is 200 g/mol. The van der Waals surface area contributed by atoms with Gasteiger partial charge in [-0.2, -0.15) is 0 Å². The van der Waals surface area contributed by atoms with Crippen LogP contribution in [0.25, 0.3) is 0 Å². The summed E-state index contributed by atoms with van der Waals surface area (Å²) in [6, 6.07) is 6.64. The van der Waals surface area contributed by atoms with E-state index in [9.17, 15) is 0 Å². The number of rotatable bonds is 0. The molecule has 0 saturated carbocycles. The third kappa shape index (κ3) is 1.22. The zero-order valence-corrected chi connectivity index (χ0v) is 8.19. The Hall–Kier alpha value is -0.300. The highest BCUT2D eigenvalue weighted by Crippen LogP contribution is 2.33. The number of fused-ring (bicyclic) bond motifs is 1. The number of halogens is 1. The second kappa shape index (κ2) is 2.63. The normalized spacial score (nSPS) is 21.8. The van der Waals surface area contributed by atoms with Gasteiger partial charge in [-0.1, -0.05) is 28.9 Å². The fourth-order valence-corrected chi connectivity index (χ4v) is 2.21. The van der Waals surface area contributed by atoms with Crippen molar-refractivity contribution < 1.29 is 0 Å². The molecule has 0 amide bonds. The van der Waals surface area contributed by atoms with Crippen LogP contribution in [-0.4, -0.2) is 0 Å². The van der Waals surface area contributed by atoms with Crippen molar-refractivity contribution in [1.82, 2.24) is 0 Å². The zero-order valence-electron chi connectivity index (χ0n) is 6.60. The Balaban J connectivity index is 2.50. The molecule has 1 unspecified atom stereocenters. The highest BCUT2D eigenvalue weighted by atomic mass is 79.9. The summed E-state index contributed by atoms with van der Waals surface area (Å²) >= 11 is 3.48. The standard InChI is InChI=1S/C10H11Br/c1-7-2-3-8-6-9(11)4-5-10(7)8/h4-7H,2-3H2,1H3. The molecule has 1 aromatic carbocycles. The second-order valence-electron chi connectivity index (χ2n) is 3.28. The topological polar surface area (TPSA) is 0 Å². The minimum absolute atomic E-state index is 0.776. The fraction of sp³-hybridized carbons (Fsp3) is 0.400. The van der Waals surface area contributed by atoms with Gasteiger partial charge >= 0.3 is 0 Å². The summed E-state index contributed by atoms with van der Waals surface area (Å²) in [6.45, 7) is 2.31. The van der Waals surface area contributed by atoms with E-state index in [1.54, 1.807) is 5.56 Å². The first-order valence-corrected chi connectivity index (χ1v) is 4.85. The third-order valence-electron chi connectivity index (χ3n) is 2.48. The first-order valence-electron chi connectivity index (χ1n) is 4.05. The van der Waals surface area contributed by atoms with Gasteiger partial charge in [0.15, 0.2) is 0 Å². The Bertz CT molecular complexity index is 278. The number of hydrogen-bond acceptors (Lipinski definition) is 0. The first kappa shape index (κ1) is 7.35. The van der Waals surface area contributed by atoms with Crippen LogP contribution in [0, 0.1) is 0 Å². The molecule has 11 heavy (non-hydrogen) atoms. The molecule has 0 fully saturated rings. The number of hydrogen-bond donors (Lipinski definition) is 0. The van der Waals surface area contributed by atoms with Gasteiger partial charge in [0.1, 0.15) is 0 Å². The van der Waals surface area contributed by atoms with Crippen molar-refractivity contribution in [2.75, 3.05) is 0 Å². The molecule has 0 N–H and O–H groups in total. The van der Waals surface area contributed by atoms with E-state index >= 15 is 0 Å². The SMILES string of the molecule is CC1CCc2cc(Br)ccc21. The number of benzene rings is 1. The van der Waals surface area contributed by atoms with E-state index in [0.717, 1.165) is 5.92 Å². The van der Waals surface area contributed by atoms with E-state index in [1.807, 2.05) is 0 Å². The monoisotopic (exact) mass is 210 g/mol. The Morgan fingerprint density at radius 3 is 3.09 bits per heavy atom. The van der Waals surface area contributed by atoms with E-state index in [4.69, 9.17) is 0 Å². The maximum absolute atomic E-state index is 3.48. The van der Waals surface area contributed by atoms with E-state index in [0.29, 0.717) is 0 Å². The van der Waals surface area contributed by atoms with Crippen molar-refractivity contribution in [3.05, 3.63) is 33.8 Å². The molecule has 0 aromatic heterocycles. The molecule has 0 nitrogen and oxygen atoms in total. The van der Waals surface area contributed by atoms with Gasteiger partial charge in [-0.05, 0) is 42.0 Å². The van der Waals surface area contributed by atoms with Gasteiger partial charge in [-0.3, -0.25) is 0 Å². The largest absolute Gasteiger partial charge is 0.0584 e. The average Bonchev–Trinajstić information content (AvgIpc) is 2.32. The quantitative estimate of drug-likeness (QED) is 0.616. The lowest BCUT2D eigenvalue weighted by Crippen LogP contribution is -1.84. The highest BCUT2D eigenvalue weighted by molar-refractivity contribution is 9.10. The van der Waals surface area contributed by atoms with Crippen LogP contribution in [0.15, 0.2) is 22.7 Å². The molecular formula is C10H11Br. The van der Waals surface area contributed by atoms with Crippen molar-refractivity contribution in [3.8, 4) is 0 Å². The fourth-order valence-electron chi connectivity index (χ4n) is 1.80. The van der Waals surface area contributed by atoms with Crippen LogP contribution >= 0.6 is 15.9 Å². The van der Waals surface area contributed by atoms with Crippen LogP contribution in [0.1, 0.15) is 30.4 Å². The highest BCUT2D eigenvalue weighted by Gasteiger charge is 2.17. The van der Waals surface area contributed by atoms with Gasteiger partial charge in [0.2, 0.25) is 0 Å². The van der Waals surface area contributed by atoms with E-state index in [1.165, 1.54) is 22.9 Å². The maximum atomic E-state index is 3.48. The molecule has 0 aliphatic heterocycles. The van der Waals surface area contributed by atoms with Crippen molar-refractivity contribution in [1.29, 1.82) is 0 Å². The molecule has 58 valence electrons. The molecule has 1 aliphatic carbocycles. The van der Waals surface area contributed by atoms with Crippen LogP contribution in [-0.2, 0) is 6.42 Å². The van der Waals surface area contributed by atoms with Gasteiger partial charge in [0.05, 0.1) is 0 Å². The maximum Gasteiger partial charge on any atom is 0.0178 e. The molecule has 0 radical (unpaired) electrons. The summed E-state index contributed by atoms with van der Waals surface area (Å²) in [4.78, 5) is 0. The summed E-state index contributed by atoms with van der Waals surface area (Å²) in [6.07, 6.45) is 2.59. The molecule has 1 heteroatoms. The van der Waals surface area contributed by atoms with Crippen LogP contribution < -0.4 is 0 Å². The van der Waals surface area contributed by atoms with Crippen molar-refractivity contribution in [3.63, 3.8) is 0 Å². The zero-order chi connectivity index (χ0) is 7.84. The summed E-state index contributed by atoms with van der Waals surface area (Å²) in [7, 11) is 0.